The van der Waals surface area contributed by atoms with Crippen LogP contribution in [-0.2, 0) is 16.1 Å². The number of nitrogens with zero attached hydrogens (tertiary/aromatic N) is 2. The lowest BCUT2D eigenvalue weighted by Gasteiger charge is -2.06. The number of carboxylic acids is 1. The highest BCUT2D eigenvalue weighted by molar-refractivity contribution is 6.01. The molecule has 1 aliphatic carbocycles. The number of para-hydroxylation sites is 1. The van der Waals surface area contributed by atoms with Gasteiger partial charge in [-0.3, -0.25) is 4.79 Å². The molecule has 0 aliphatic heterocycles. The van der Waals surface area contributed by atoms with Gasteiger partial charge in [0.25, 0.3) is 0 Å². The lowest BCUT2D eigenvalue weighted by molar-refractivity contribution is -0.141. The Balaban J connectivity index is 2.19. The highest BCUT2D eigenvalue weighted by Gasteiger charge is 2.31. The SMILES string of the molecule is COC(=O)Cn1c(C2CC2)nc2c(C(=O)O)cccc21. The number of hydrogen-bond donors (Lipinski definition) is 1. The zero-order valence-electron chi connectivity index (χ0n) is 11.0. The highest BCUT2D eigenvalue weighted by atomic mass is 16.5. The molecule has 1 heterocycles. The maximum absolute atomic E-state index is 11.5. The van der Waals surface area contributed by atoms with Crippen LogP contribution in [0.4, 0.5) is 0 Å². The van der Waals surface area contributed by atoms with Gasteiger partial charge >= 0.3 is 11.9 Å². The quantitative estimate of drug-likeness (QED) is 0.859. The van der Waals surface area contributed by atoms with E-state index < -0.39 is 5.97 Å². The lowest BCUT2D eigenvalue weighted by Crippen LogP contribution is -2.13. The molecule has 1 fully saturated rings. The van der Waals surface area contributed by atoms with Crippen molar-refractivity contribution in [2.24, 2.45) is 0 Å². The summed E-state index contributed by atoms with van der Waals surface area (Å²) in [7, 11) is 1.33. The summed E-state index contributed by atoms with van der Waals surface area (Å²) in [5, 5.41) is 9.22. The summed E-state index contributed by atoms with van der Waals surface area (Å²) < 4.78 is 6.47. The maximum atomic E-state index is 11.5. The first-order valence-corrected chi connectivity index (χ1v) is 6.41. The second-order valence-corrected chi connectivity index (χ2v) is 4.89. The zero-order valence-corrected chi connectivity index (χ0v) is 11.0. The van der Waals surface area contributed by atoms with Crippen molar-refractivity contribution in [2.75, 3.05) is 7.11 Å². The molecule has 0 amide bonds. The van der Waals surface area contributed by atoms with Crippen molar-refractivity contribution in [3.63, 3.8) is 0 Å². The number of hydrogen-bond acceptors (Lipinski definition) is 4. The Labute approximate surface area is 115 Å². The molecule has 6 heteroatoms. The van der Waals surface area contributed by atoms with E-state index >= 15 is 0 Å². The fraction of sp³-hybridized carbons (Fsp3) is 0.357. The van der Waals surface area contributed by atoms with E-state index in [1.807, 2.05) is 0 Å². The average molecular weight is 274 g/mol. The molecule has 0 saturated heterocycles. The smallest absolute Gasteiger partial charge is 0.337 e. The van der Waals surface area contributed by atoms with E-state index in [4.69, 9.17) is 4.74 Å². The Kier molecular flexibility index (Phi) is 2.93. The van der Waals surface area contributed by atoms with Crippen LogP contribution in [0.1, 0.15) is 34.9 Å². The first kappa shape index (κ1) is 12.7. The fourth-order valence-electron chi connectivity index (χ4n) is 2.35. The fourth-order valence-corrected chi connectivity index (χ4v) is 2.35. The van der Waals surface area contributed by atoms with E-state index in [0.29, 0.717) is 17.0 Å². The molecule has 1 saturated carbocycles. The van der Waals surface area contributed by atoms with Crippen molar-refractivity contribution < 1.29 is 19.4 Å². The van der Waals surface area contributed by atoms with E-state index in [-0.39, 0.29) is 18.1 Å². The number of carbonyl (C=O) groups is 2. The number of esters is 1. The molecule has 0 spiro atoms. The monoisotopic (exact) mass is 274 g/mol. The summed E-state index contributed by atoms with van der Waals surface area (Å²) in [6.45, 7) is 0.0574. The maximum Gasteiger partial charge on any atom is 0.337 e. The van der Waals surface area contributed by atoms with Gasteiger partial charge in [-0.05, 0) is 25.0 Å². The molecule has 1 aliphatic rings. The molecule has 104 valence electrons. The van der Waals surface area contributed by atoms with Crippen molar-refractivity contribution in [1.82, 2.24) is 9.55 Å². The molecule has 20 heavy (non-hydrogen) atoms. The number of carbonyl (C=O) groups excluding carboxylic acids is 1. The number of ether oxygens (including phenoxy) is 1. The van der Waals surface area contributed by atoms with Gasteiger partial charge in [-0.15, -0.1) is 0 Å². The Morgan fingerprint density at radius 1 is 1.45 bits per heavy atom. The van der Waals surface area contributed by atoms with Gasteiger partial charge in [0.15, 0.2) is 0 Å². The zero-order chi connectivity index (χ0) is 14.3. The molecule has 0 radical (unpaired) electrons. The summed E-state index contributed by atoms with van der Waals surface area (Å²) in [5.74, 6) is -0.291. The number of benzene rings is 1. The minimum Gasteiger partial charge on any atom is -0.478 e. The third-order valence-electron chi connectivity index (χ3n) is 3.50. The van der Waals surface area contributed by atoms with Crippen LogP contribution < -0.4 is 0 Å². The van der Waals surface area contributed by atoms with Crippen molar-refractivity contribution in [3.8, 4) is 0 Å². The van der Waals surface area contributed by atoms with E-state index in [1.54, 1.807) is 16.7 Å². The van der Waals surface area contributed by atoms with Crippen LogP contribution in [0, 0.1) is 0 Å². The van der Waals surface area contributed by atoms with Gasteiger partial charge < -0.3 is 14.4 Å². The van der Waals surface area contributed by atoms with Crippen LogP contribution in [0.3, 0.4) is 0 Å². The Bertz CT molecular complexity index is 701. The summed E-state index contributed by atoms with van der Waals surface area (Å²) in [4.78, 5) is 27.3. The topological polar surface area (TPSA) is 81.4 Å². The van der Waals surface area contributed by atoms with E-state index in [0.717, 1.165) is 18.7 Å². The first-order chi connectivity index (χ1) is 9.61. The Hall–Kier alpha value is -2.37. The summed E-state index contributed by atoms with van der Waals surface area (Å²) >= 11 is 0. The van der Waals surface area contributed by atoms with Crippen molar-refractivity contribution in [2.45, 2.75) is 25.3 Å². The number of aromatic carboxylic acids is 1. The predicted octanol–water partition coefficient (Wildman–Crippen LogP) is 1.78. The molecule has 0 unspecified atom stereocenters. The number of carboxylic acid groups (broad SMARTS) is 1. The van der Waals surface area contributed by atoms with Gasteiger partial charge in [-0.1, -0.05) is 6.07 Å². The van der Waals surface area contributed by atoms with Crippen LogP contribution in [0.2, 0.25) is 0 Å². The third kappa shape index (κ3) is 2.03. The van der Waals surface area contributed by atoms with Crippen LogP contribution in [-0.4, -0.2) is 33.7 Å². The summed E-state index contributed by atoms with van der Waals surface area (Å²) in [6.07, 6.45) is 2.04. The van der Waals surface area contributed by atoms with Gasteiger partial charge in [-0.25, -0.2) is 9.78 Å². The molecule has 6 nitrogen and oxygen atoms in total. The molecule has 3 rings (SSSR count). The van der Waals surface area contributed by atoms with Crippen LogP contribution in [0.15, 0.2) is 18.2 Å². The molecule has 0 bridgehead atoms. The predicted molar refractivity (Wildman–Crippen MR) is 70.7 cm³/mol. The van der Waals surface area contributed by atoms with Gasteiger partial charge in [0.1, 0.15) is 17.9 Å². The molecule has 1 aromatic heterocycles. The molecule has 0 atom stereocenters. The molecule has 2 aromatic rings. The Morgan fingerprint density at radius 2 is 2.20 bits per heavy atom. The van der Waals surface area contributed by atoms with Gasteiger partial charge in [0.2, 0.25) is 0 Å². The number of aromatic nitrogens is 2. The average Bonchev–Trinajstić information content (AvgIpc) is 3.21. The molecular formula is C14H14N2O4. The number of methoxy groups -OCH3 is 1. The van der Waals surface area contributed by atoms with E-state index in [9.17, 15) is 14.7 Å². The highest BCUT2D eigenvalue weighted by Crippen LogP contribution is 2.41. The lowest BCUT2D eigenvalue weighted by atomic mass is 10.2. The van der Waals surface area contributed by atoms with E-state index in [1.165, 1.54) is 13.2 Å². The van der Waals surface area contributed by atoms with Crippen molar-refractivity contribution in [3.05, 3.63) is 29.6 Å². The first-order valence-electron chi connectivity index (χ1n) is 6.41. The van der Waals surface area contributed by atoms with Crippen LogP contribution in [0.25, 0.3) is 11.0 Å². The van der Waals surface area contributed by atoms with Gasteiger partial charge in [0, 0.05) is 5.92 Å². The molecular weight excluding hydrogens is 260 g/mol. The summed E-state index contributed by atoms with van der Waals surface area (Å²) in [5.41, 5.74) is 1.26. The number of rotatable bonds is 4. The van der Waals surface area contributed by atoms with E-state index in [2.05, 4.69) is 4.98 Å². The molecule has 1 N–H and O–H groups in total. The van der Waals surface area contributed by atoms with Crippen LogP contribution in [0.5, 0.6) is 0 Å². The summed E-state index contributed by atoms with van der Waals surface area (Å²) in [6, 6.07) is 4.97. The molecule has 1 aromatic carbocycles. The Morgan fingerprint density at radius 3 is 2.80 bits per heavy atom. The second kappa shape index (κ2) is 4.63. The van der Waals surface area contributed by atoms with Crippen molar-refractivity contribution in [1.29, 1.82) is 0 Å². The third-order valence-corrected chi connectivity index (χ3v) is 3.50. The minimum atomic E-state index is -1.01. The van der Waals surface area contributed by atoms with Gasteiger partial charge in [0.05, 0.1) is 18.2 Å². The number of fused-ring (bicyclic) bond motifs is 1. The minimum absolute atomic E-state index is 0.0574. The van der Waals surface area contributed by atoms with Crippen LogP contribution >= 0.6 is 0 Å². The normalized spacial score (nSPS) is 14.4. The second-order valence-electron chi connectivity index (χ2n) is 4.89. The standard InChI is InChI=1S/C14H14N2O4/c1-20-11(17)7-16-10-4-2-3-9(14(18)19)12(10)15-13(16)8-5-6-8/h2-4,8H,5-7H2,1H3,(H,18,19). The van der Waals surface area contributed by atoms with Gasteiger partial charge in [-0.2, -0.15) is 0 Å². The largest absolute Gasteiger partial charge is 0.478 e. The number of imidazole rings is 1. The van der Waals surface area contributed by atoms with Crippen molar-refractivity contribution >= 4 is 23.0 Å².